The molecule has 140 valence electrons. The molecule has 5 heteroatoms. The van der Waals surface area contributed by atoms with Crippen LogP contribution >= 0.6 is 0 Å². The highest BCUT2D eigenvalue weighted by atomic mass is 16.3. The summed E-state index contributed by atoms with van der Waals surface area (Å²) in [7, 11) is 0. The minimum absolute atomic E-state index is 0.0430. The Labute approximate surface area is 147 Å². The maximum absolute atomic E-state index is 12.2. The molecular formula is C19H37N3O2. The average molecular weight is 340 g/mol. The van der Waals surface area contributed by atoms with Crippen molar-refractivity contribution >= 4 is 6.03 Å². The molecule has 0 bridgehead atoms. The lowest BCUT2D eigenvalue weighted by atomic mass is 9.88. The summed E-state index contributed by atoms with van der Waals surface area (Å²) in [6.45, 7) is 7.72. The molecular weight excluding hydrogens is 302 g/mol. The first-order valence-corrected chi connectivity index (χ1v) is 9.98. The SMILES string of the molecule is CC(C)C(CCO)NC(=O)NC1CCN(CC2CCCCC2)CC1. The third-order valence-electron chi connectivity index (χ3n) is 5.73. The molecule has 2 fully saturated rings. The first-order chi connectivity index (χ1) is 11.6. The summed E-state index contributed by atoms with van der Waals surface area (Å²) in [4.78, 5) is 14.8. The molecule has 1 unspecified atom stereocenters. The number of likely N-dealkylation sites (tertiary alicyclic amines) is 1. The second-order valence-corrected chi connectivity index (χ2v) is 8.06. The molecule has 0 radical (unpaired) electrons. The number of rotatable bonds is 7. The van der Waals surface area contributed by atoms with Gasteiger partial charge in [0, 0.05) is 38.3 Å². The van der Waals surface area contributed by atoms with Gasteiger partial charge in [-0.2, -0.15) is 0 Å². The van der Waals surface area contributed by atoms with Crippen molar-refractivity contribution in [3.8, 4) is 0 Å². The molecule has 1 saturated heterocycles. The van der Waals surface area contributed by atoms with E-state index >= 15 is 0 Å². The number of carbonyl (C=O) groups excluding carboxylic acids is 1. The van der Waals surface area contributed by atoms with Crippen LogP contribution in [0.2, 0.25) is 0 Å². The van der Waals surface area contributed by atoms with E-state index in [0.29, 0.717) is 12.3 Å². The molecule has 24 heavy (non-hydrogen) atoms. The first-order valence-electron chi connectivity index (χ1n) is 9.98. The van der Waals surface area contributed by atoms with E-state index < -0.39 is 0 Å². The number of amides is 2. The van der Waals surface area contributed by atoms with Crippen LogP contribution in [0, 0.1) is 11.8 Å². The molecule has 0 aromatic carbocycles. The average Bonchev–Trinajstić information content (AvgIpc) is 2.57. The lowest BCUT2D eigenvalue weighted by molar-refractivity contribution is 0.154. The van der Waals surface area contributed by atoms with Crippen molar-refractivity contribution in [2.24, 2.45) is 11.8 Å². The standard InChI is InChI=1S/C19H37N3O2/c1-15(2)18(10-13-23)21-19(24)20-17-8-11-22(12-9-17)14-16-6-4-3-5-7-16/h15-18,23H,3-14H2,1-2H3,(H2,20,21,24). The van der Waals surface area contributed by atoms with Gasteiger partial charge in [-0.25, -0.2) is 4.79 Å². The van der Waals surface area contributed by atoms with Crippen molar-refractivity contribution in [1.82, 2.24) is 15.5 Å². The number of aliphatic hydroxyl groups is 1. The molecule has 1 heterocycles. The molecule has 0 spiro atoms. The van der Waals surface area contributed by atoms with Crippen LogP contribution in [0.1, 0.15) is 65.2 Å². The van der Waals surface area contributed by atoms with Gasteiger partial charge in [-0.3, -0.25) is 0 Å². The van der Waals surface area contributed by atoms with Crippen molar-refractivity contribution in [3.63, 3.8) is 0 Å². The monoisotopic (exact) mass is 339 g/mol. The molecule has 1 aliphatic heterocycles. The Morgan fingerprint density at radius 3 is 2.38 bits per heavy atom. The van der Waals surface area contributed by atoms with Gasteiger partial charge in [-0.05, 0) is 43.9 Å². The Hall–Kier alpha value is -0.810. The molecule has 0 aromatic rings. The first kappa shape index (κ1) is 19.5. The van der Waals surface area contributed by atoms with E-state index in [2.05, 4.69) is 29.4 Å². The zero-order chi connectivity index (χ0) is 17.4. The molecule has 2 aliphatic rings. The summed E-state index contributed by atoms with van der Waals surface area (Å²) in [5.74, 6) is 1.23. The fourth-order valence-corrected chi connectivity index (χ4v) is 4.10. The molecule has 2 amide bonds. The van der Waals surface area contributed by atoms with Gasteiger partial charge in [-0.15, -0.1) is 0 Å². The number of nitrogens with one attached hydrogen (secondary N) is 2. The van der Waals surface area contributed by atoms with Crippen molar-refractivity contribution in [2.75, 3.05) is 26.2 Å². The lowest BCUT2D eigenvalue weighted by Crippen LogP contribution is -2.51. The Morgan fingerprint density at radius 1 is 1.12 bits per heavy atom. The smallest absolute Gasteiger partial charge is 0.315 e. The van der Waals surface area contributed by atoms with Crippen LogP contribution < -0.4 is 10.6 Å². The zero-order valence-corrected chi connectivity index (χ0v) is 15.6. The maximum Gasteiger partial charge on any atom is 0.315 e. The number of carbonyl (C=O) groups is 1. The number of hydrogen-bond donors (Lipinski definition) is 3. The van der Waals surface area contributed by atoms with Gasteiger partial charge in [-0.1, -0.05) is 33.1 Å². The van der Waals surface area contributed by atoms with Crippen LogP contribution in [-0.2, 0) is 0 Å². The summed E-state index contributed by atoms with van der Waals surface area (Å²) in [5, 5.41) is 15.3. The Bertz CT molecular complexity index is 362. The van der Waals surface area contributed by atoms with E-state index in [1.807, 2.05) is 0 Å². The van der Waals surface area contributed by atoms with E-state index in [4.69, 9.17) is 5.11 Å². The predicted molar refractivity (Wildman–Crippen MR) is 98.0 cm³/mol. The predicted octanol–water partition coefficient (Wildman–Crippen LogP) is 2.74. The zero-order valence-electron chi connectivity index (χ0n) is 15.6. The van der Waals surface area contributed by atoms with Gasteiger partial charge >= 0.3 is 6.03 Å². The summed E-state index contributed by atoms with van der Waals surface area (Å²) in [6, 6.07) is 0.254. The van der Waals surface area contributed by atoms with Crippen LogP contribution in [0.25, 0.3) is 0 Å². The molecule has 5 nitrogen and oxygen atoms in total. The van der Waals surface area contributed by atoms with Gasteiger partial charge < -0.3 is 20.6 Å². The van der Waals surface area contributed by atoms with Gasteiger partial charge in [0.1, 0.15) is 0 Å². The quantitative estimate of drug-likeness (QED) is 0.668. The third-order valence-corrected chi connectivity index (χ3v) is 5.73. The molecule has 1 aliphatic carbocycles. The number of nitrogens with zero attached hydrogens (tertiary/aromatic N) is 1. The second kappa shape index (κ2) is 10.2. The molecule has 1 atom stereocenters. The largest absolute Gasteiger partial charge is 0.396 e. The minimum atomic E-state index is -0.0760. The molecule has 1 saturated carbocycles. The normalized spacial score (nSPS) is 22.5. The molecule has 3 N–H and O–H groups in total. The fourth-order valence-electron chi connectivity index (χ4n) is 4.10. The van der Waals surface area contributed by atoms with E-state index in [-0.39, 0.29) is 24.7 Å². The second-order valence-electron chi connectivity index (χ2n) is 8.06. The third kappa shape index (κ3) is 6.60. The van der Waals surface area contributed by atoms with Crippen LogP contribution in [0.5, 0.6) is 0 Å². The highest BCUT2D eigenvalue weighted by Gasteiger charge is 2.24. The van der Waals surface area contributed by atoms with Crippen molar-refractivity contribution in [2.45, 2.75) is 77.3 Å². The highest BCUT2D eigenvalue weighted by Crippen LogP contribution is 2.25. The van der Waals surface area contributed by atoms with Crippen molar-refractivity contribution in [3.05, 3.63) is 0 Å². The fraction of sp³-hybridized carbons (Fsp3) is 0.947. The molecule has 0 aromatic heterocycles. The number of aliphatic hydroxyl groups excluding tert-OH is 1. The van der Waals surface area contributed by atoms with E-state index in [1.165, 1.54) is 38.6 Å². The van der Waals surface area contributed by atoms with Gasteiger partial charge in [0.05, 0.1) is 0 Å². The Morgan fingerprint density at radius 2 is 1.79 bits per heavy atom. The summed E-state index contributed by atoms with van der Waals surface area (Å²) in [6.07, 6.45) is 9.76. The summed E-state index contributed by atoms with van der Waals surface area (Å²) < 4.78 is 0. The van der Waals surface area contributed by atoms with E-state index in [0.717, 1.165) is 31.8 Å². The van der Waals surface area contributed by atoms with Gasteiger partial charge in [0.25, 0.3) is 0 Å². The van der Waals surface area contributed by atoms with Crippen molar-refractivity contribution in [1.29, 1.82) is 0 Å². The van der Waals surface area contributed by atoms with Crippen LogP contribution in [0.4, 0.5) is 4.79 Å². The minimum Gasteiger partial charge on any atom is -0.396 e. The topological polar surface area (TPSA) is 64.6 Å². The summed E-state index contributed by atoms with van der Waals surface area (Å²) >= 11 is 0. The van der Waals surface area contributed by atoms with Gasteiger partial charge in [0.15, 0.2) is 0 Å². The van der Waals surface area contributed by atoms with Crippen LogP contribution in [-0.4, -0.2) is 54.4 Å². The highest BCUT2D eigenvalue weighted by molar-refractivity contribution is 5.74. The number of hydrogen-bond acceptors (Lipinski definition) is 3. The van der Waals surface area contributed by atoms with E-state index in [1.54, 1.807) is 0 Å². The molecule has 2 rings (SSSR count). The Balaban J connectivity index is 1.65. The lowest BCUT2D eigenvalue weighted by Gasteiger charge is -2.35. The summed E-state index contributed by atoms with van der Waals surface area (Å²) in [5.41, 5.74) is 0. The maximum atomic E-state index is 12.2. The van der Waals surface area contributed by atoms with Gasteiger partial charge in [0.2, 0.25) is 0 Å². The number of piperidine rings is 1. The van der Waals surface area contributed by atoms with Crippen LogP contribution in [0.15, 0.2) is 0 Å². The Kier molecular flexibility index (Phi) is 8.33. The van der Waals surface area contributed by atoms with Crippen molar-refractivity contribution < 1.29 is 9.90 Å². The number of urea groups is 1. The van der Waals surface area contributed by atoms with E-state index in [9.17, 15) is 4.79 Å². The van der Waals surface area contributed by atoms with Crippen LogP contribution in [0.3, 0.4) is 0 Å².